The number of aromatic nitrogens is 1. The maximum Gasteiger partial charge on any atom is 0.417 e. The summed E-state index contributed by atoms with van der Waals surface area (Å²) in [4.78, 5) is 31.6. The van der Waals surface area contributed by atoms with E-state index in [0.29, 0.717) is 43.8 Å². The van der Waals surface area contributed by atoms with Gasteiger partial charge in [0.2, 0.25) is 5.91 Å². The van der Waals surface area contributed by atoms with Crippen LogP contribution >= 0.6 is 0 Å². The summed E-state index contributed by atoms with van der Waals surface area (Å²) in [5, 5.41) is 2.98. The number of rotatable bonds is 5. The monoisotopic (exact) mass is 446 g/mol. The summed E-state index contributed by atoms with van der Waals surface area (Å²) in [6.07, 6.45) is -0.168. The summed E-state index contributed by atoms with van der Waals surface area (Å²) in [5.41, 5.74) is 1.56. The van der Waals surface area contributed by atoms with E-state index in [2.05, 4.69) is 15.2 Å². The number of hydrogen-bond donors (Lipinski definition) is 1. The zero-order valence-corrected chi connectivity index (χ0v) is 17.6. The third kappa shape index (κ3) is 5.38. The number of Topliss-reactive ketones (excluding diaryl/α,β-unsaturated/α-hetero) is 1. The number of anilines is 2. The predicted molar refractivity (Wildman–Crippen MR) is 115 cm³/mol. The normalized spacial score (nSPS) is 19.3. The van der Waals surface area contributed by atoms with Gasteiger partial charge in [0.05, 0.1) is 23.9 Å². The van der Waals surface area contributed by atoms with Crippen molar-refractivity contribution in [2.75, 3.05) is 36.0 Å². The summed E-state index contributed by atoms with van der Waals surface area (Å²) in [5.74, 6) is 0.180. The Hall–Kier alpha value is -3.10. The molecule has 2 aliphatic rings. The van der Waals surface area contributed by atoms with Crippen molar-refractivity contribution in [3.8, 4) is 0 Å². The van der Waals surface area contributed by atoms with Gasteiger partial charge in [-0.1, -0.05) is 12.1 Å². The second kappa shape index (κ2) is 9.18. The molecule has 2 aromatic rings. The molecule has 6 nitrogen and oxygen atoms in total. The van der Waals surface area contributed by atoms with Crippen LogP contribution < -0.4 is 15.1 Å². The predicted octanol–water partition coefficient (Wildman–Crippen LogP) is 3.21. The van der Waals surface area contributed by atoms with Crippen molar-refractivity contribution in [1.29, 1.82) is 0 Å². The molecule has 1 atom stereocenters. The van der Waals surface area contributed by atoms with Gasteiger partial charge in [0.1, 0.15) is 5.78 Å². The van der Waals surface area contributed by atoms with Gasteiger partial charge in [-0.05, 0) is 30.2 Å². The number of pyridine rings is 1. The lowest BCUT2D eigenvalue weighted by Gasteiger charge is -2.28. The van der Waals surface area contributed by atoms with Crippen molar-refractivity contribution in [3.05, 3.63) is 53.9 Å². The Morgan fingerprint density at radius 2 is 1.75 bits per heavy atom. The second-order valence-electron chi connectivity index (χ2n) is 8.30. The molecule has 1 amide bonds. The van der Waals surface area contributed by atoms with Gasteiger partial charge in [-0.2, -0.15) is 13.2 Å². The molecular weight excluding hydrogens is 421 g/mol. The first-order chi connectivity index (χ1) is 15.3. The summed E-state index contributed by atoms with van der Waals surface area (Å²) in [7, 11) is 0. The minimum atomic E-state index is -4.43. The highest BCUT2D eigenvalue weighted by molar-refractivity contribution is 5.81. The van der Waals surface area contributed by atoms with Crippen LogP contribution in [0.3, 0.4) is 0 Å². The minimum Gasteiger partial charge on any atom is -0.371 e. The molecule has 1 N–H and O–H groups in total. The SMILES string of the molecule is O=C1CCN(c2ccc(CC(=O)N[C@@H]3CCN(c4cncc(C(F)(F)F)c4)C3)cc2)CC1. The standard InChI is InChI=1S/C23H25F3N4O2/c24-23(25,26)17-12-20(14-27-13-17)30-8-5-18(15-30)28-22(32)11-16-1-3-19(4-2-16)29-9-6-21(31)7-10-29/h1-4,12-14,18H,5-11,15H2,(H,28,32)/t18-/m1/s1. The maximum absolute atomic E-state index is 12.9. The fourth-order valence-electron chi connectivity index (χ4n) is 4.17. The number of ketones is 1. The Kier molecular flexibility index (Phi) is 6.34. The molecule has 9 heteroatoms. The number of nitrogens with one attached hydrogen (secondary N) is 1. The lowest BCUT2D eigenvalue weighted by atomic mass is 10.1. The molecule has 2 saturated heterocycles. The Bertz CT molecular complexity index is 968. The molecule has 4 rings (SSSR count). The average molecular weight is 446 g/mol. The van der Waals surface area contributed by atoms with E-state index in [-0.39, 0.29) is 18.4 Å². The van der Waals surface area contributed by atoms with Crippen molar-refractivity contribution >= 4 is 23.1 Å². The molecule has 1 aromatic heterocycles. The topological polar surface area (TPSA) is 65.5 Å². The van der Waals surface area contributed by atoms with Crippen LogP contribution in [-0.4, -0.2) is 48.9 Å². The molecular formula is C23H25F3N4O2. The van der Waals surface area contributed by atoms with Crippen LogP contribution in [0.1, 0.15) is 30.4 Å². The number of alkyl halides is 3. The molecule has 0 unspecified atom stereocenters. The number of nitrogens with zero attached hydrogens (tertiary/aromatic N) is 3. The Labute approximate surface area is 184 Å². The van der Waals surface area contributed by atoms with Crippen LogP contribution in [-0.2, 0) is 22.2 Å². The zero-order valence-electron chi connectivity index (χ0n) is 17.6. The van der Waals surface area contributed by atoms with E-state index in [0.717, 1.165) is 36.6 Å². The number of hydrogen-bond acceptors (Lipinski definition) is 5. The van der Waals surface area contributed by atoms with Crippen LogP contribution in [0.2, 0.25) is 0 Å². The molecule has 2 aliphatic heterocycles. The highest BCUT2D eigenvalue weighted by Crippen LogP contribution is 2.31. The van der Waals surface area contributed by atoms with E-state index in [1.165, 1.54) is 6.20 Å². The molecule has 32 heavy (non-hydrogen) atoms. The summed E-state index contributed by atoms with van der Waals surface area (Å²) in [6, 6.07) is 8.74. The van der Waals surface area contributed by atoms with Gasteiger partial charge in [-0.15, -0.1) is 0 Å². The third-order valence-corrected chi connectivity index (χ3v) is 5.96. The molecule has 1 aromatic carbocycles. The van der Waals surface area contributed by atoms with Crippen molar-refractivity contribution < 1.29 is 22.8 Å². The first kappa shape index (κ1) is 22.1. The second-order valence-corrected chi connectivity index (χ2v) is 8.30. The lowest BCUT2D eigenvalue weighted by Crippen LogP contribution is -2.38. The smallest absolute Gasteiger partial charge is 0.371 e. The van der Waals surface area contributed by atoms with E-state index in [1.54, 1.807) is 0 Å². The van der Waals surface area contributed by atoms with E-state index in [1.807, 2.05) is 29.2 Å². The number of halogens is 3. The number of carbonyl (C=O) groups excluding carboxylic acids is 2. The number of amides is 1. The first-order valence-electron chi connectivity index (χ1n) is 10.7. The van der Waals surface area contributed by atoms with Crippen molar-refractivity contribution in [1.82, 2.24) is 10.3 Å². The van der Waals surface area contributed by atoms with Crippen LogP contribution in [0.4, 0.5) is 24.5 Å². The Morgan fingerprint density at radius 1 is 1.03 bits per heavy atom. The van der Waals surface area contributed by atoms with E-state index in [4.69, 9.17) is 0 Å². The van der Waals surface area contributed by atoms with Gasteiger partial charge in [0.15, 0.2) is 0 Å². The molecule has 170 valence electrons. The molecule has 0 saturated carbocycles. The van der Waals surface area contributed by atoms with Gasteiger partial charge in [-0.3, -0.25) is 14.6 Å². The Morgan fingerprint density at radius 3 is 2.44 bits per heavy atom. The molecule has 0 radical (unpaired) electrons. The number of piperidine rings is 1. The van der Waals surface area contributed by atoms with Gasteiger partial charge < -0.3 is 15.1 Å². The quantitative estimate of drug-likeness (QED) is 0.764. The zero-order chi connectivity index (χ0) is 22.7. The van der Waals surface area contributed by atoms with Gasteiger partial charge in [-0.25, -0.2) is 0 Å². The summed E-state index contributed by atoms with van der Waals surface area (Å²) >= 11 is 0. The van der Waals surface area contributed by atoms with E-state index in [9.17, 15) is 22.8 Å². The van der Waals surface area contributed by atoms with Crippen LogP contribution in [0.15, 0.2) is 42.7 Å². The van der Waals surface area contributed by atoms with Gasteiger partial charge >= 0.3 is 6.18 Å². The van der Waals surface area contributed by atoms with Crippen LogP contribution in [0.25, 0.3) is 0 Å². The first-order valence-corrected chi connectivity index (χ1v) is 10.7. The van der Waals surface area contributed by atoms with Crippen molar-refractivity contribution in [2.45, 2.75) is 37.9 Å². The maximum atomic E-state index is 12.9. The van der Waals surface area contributed by atoms with Crippen LogP contribution in [0.5, 0.6) is 0 Å². The molecule has 0 aliphatic carbocycles. The summed E-state index contributed by atoms with van der Waals surface area (Å²) < 4.78 is 38.8. The summed E-state index contributed by atoms with van der Waals surface area (Å²) in [6.45, 7) is 2.44. The van der Waals surface area contributed by atoms with Gasteiger partial charge in [0.25, 0.3) is 0 Å². The molecule has 2 fully saturated rings. The van der Waals surface area contributed by atoms with Crippen molar-refractivity contribution in [2.24, 2.45) is 0 Å². The number of benzene rings is 1. The number of carbonyl (C=O) groups is 2. The largest absolute Gasteiger partial charge is 0.417 e. The fraction of sp³-hybridized carbons (Fsp3) is 0.435. The van der Waals surface area contributed by atoms with E-state index < -0.39 is 11.7 Å². The highest BCUT2D eigenvalue weighted by Gasteiger charge is 2.32. The highest BCUT2D eigenvalue weighted by atomic mass is 19.4. The molecule has 3 heterocycles. The third-order valence-electron chi connectivity index (χ3n) is 5.96. The van der Waals surface area contributed by atoms with E-state index >= 15 is 0 Å². The Balaban J connectivity index is 1.28. The van der Waals surface area contributed by atoms with Crippen molar-refractivity contribution in [3.63, 3.8) is 0 Å². The molecule has 0 bridgehead atoms. The van der Waals surface area contributed by atoms with Crippen LogP contribution in [0, 0.1) is 0 Å². The van der Waals surface area contributed by atoms with Gasteiger partial charge in [0, 0.05) is 56.9 Å². The fourth-order valence-corrected chi connectivity index (χ4v) is 4.17. The minimum absolute atomic E-state index is 0.115. The molecule has 0 spiro atoms. The average Bonchev–Trinajstić information content (AvgIpc) is 3.23. The lowest BCUT2D eigenvalue weighted by molar-refractivity contribution is -0.137.